The number of ether oxygens (including phenoxy) is 1. The highest BCUT2D eigenvalue weighted by Crippen LogP contribution is 2.29. The van der Waals surface area contributed by atoms with Crippen LogP contribution in [0.3, 0.4) is 0 Å². The van der Waals surface area contributed by atoms with Crippen molar-refractivity contribution >= 4 is 39.1 Å². The van der Waals surface area contributed by atoms with Gasteiger partial charge in [0.2, 0.25) is 21.8 Å². The van der Waals surface area contributed by atoms with Crippen LogP contribution in [-0.2, 0) is 26.2 Å². The minimum Gasteiger partial charge on any atom is -0.495 e. The van der Waals surface area contributed by atoms with Crippen LogP contribution in [0.15, 0.2) is 48.5 Å². The van der Waals surface area contributed by atoms with Crippen molar-refractivity contribution in [2.45, 2.75) is 51.2 Å². The van der Waals surface area contributed by atoms with E-state index in [4.69, 9.17) is 16.3 Å². The lowest BCUT2D eigenvalue weighted by molar-refractivity contribution is -0.139. The van der Waals surface area contributed by atoms with E-state index in [0.29, 0.717) is 10.8 Å². The molecule has 190 valence electrons. The van der Waals surface area contributed by atoms with Gasteiger partial charge in [-0.2, -0.15) is 0 Å². The van der Waals surface area contributed by atoms with Crippen LogP contribution < -0.4 is 14.4 Å². The van der Waals surface area contributed by atoms with E-state index in [-0.39, 0.29) is 24.2 Å². The van der Waals surface area contributed by atoms with Crippen molar-refractivity contribution in [3.8, 4) is 5.75 Å². The minimum absolute atomic E-state index is 0.0959. The highest BCUT2D eigenvalue weighted by Gasteiger charge is 2.32. The SMILES string of the molecule is COc1ccccc1N(CC(=O)N(Cc1ccc(Cl)cc1)[C@H](C)C(=O)NC1CCCC1)S(C)(=O)=O. The molecule has 0 heterocycles. The number of para-hydroxylation sites is 2. The van der Waals surface area contributed by atoms with Crippen molar-refractivity contribution in [1.82, 2.24) is 10.2 Å². The van der Waals surface area contributed by atoms with E-state index in [2.05, 4.69) is 5.32 Å². The summed E-state index contributed by atoms with van der Waals surface area (Å²) < 4.78 is 31.7. The van der Waals surface area contributed by atoms with Crippen molar-refractivity contribution in [1.29, 1.82) is 0 Å². The fourth-order valence-electron chi connectivity index (χ4n) is 4.19. The van der Waals surface area contributed by atoms with E-state index in [1.165, 1.54) is 12.0 Å². The number of halogens is 1. The Morgan fingerprint density at radius 2 is 1.74 bits per heavy atom. The van der Waals surface area contributed by atoms with Crippen molar-refractivity contribution < 1.29 is 22.7 Å². The number of anilines is 1. The summed E-state index contributed by atoms with van der Waals surface area (Å²) in [6.07, 6.45) is 4.99. The molecule has 1 aliphatic rings. The molecule has 0 aliphatic heterocycles. The number of methoxy groups -OCH3 is 1. The molecule has 2 amide bonds. The largest absolute Gasteiger partial charge is 0.495 e. The highest BCUT2D eigenvalue weighted by molar-refractivity contribution is 7.92. The molecule has 3 rings (SSSR count). The quantitative estimate of drug-likeness (QED) is 0.515. The molecule has 1 saturated carbocycles. The Morgan fingerprint density at radius 3 is 2.34 bits per heavy atom. The molecule has 0 bridgehead atoms. The van der Waals surface area contributed by atoms with Crippen LogP contribution in [0, 0.1) is 0 Å². The van der Waals surface area contributed by atoms with Crippen molar-refractivity contribution in [2.24, 2.45) is 0 Å². The number of nitrogens with zero attached hydrogens (tertiary/aromatic N) is 2. The number of amides is 2. The van der Waals surface area contributed by atoms with Gasteiger partial charge in [-0.25, -0.2) is 8.42 Å². The van der Waals surface area contributed by atoms with Gasteiger partial charge in [-0.15, -0.1) is 0 Å². The number of sulfonamides is 1. The van der Waals surface area contributed by atoms with Gasteiger partial charge in [-0.3, -0.25) is 13.9 Å². The molecule has 0 saturated heterocycles. The number of hydrogen-bond donors (Lipinski definition) is 1. The summed E-state index contributed by atoms with van der Waals surface area (Å²) in [5.74, 6) is -0.449. The summed E-state index contributed by atoms with van der Waals surface area (Å²) in [4.78, 5) is 28.1. The second-order valence-corrected chi connectivity index (χ2v) is 11.1. The molecule has 0 radical (unpaired) electrons. The lowest BCUT2D eigenvalue weighted by Gasteiger charge is -2.32. The van der Waals surface area contributed by atoms with Crippen molar-refractivity contribution in [3.63, 3.8) is 0 Å². The van der Waals surface area contributed by atoms with E-state index in [0.717, 1.165) is 41.8 Å². The van der Waals surface area contributed by atoms with Crippen LogP contribution in [-0.4, -0.2) is 57.1 Å². The molecule has 1 atom stereocenters. The molecule has 10 heteroatoms. The predicted octanol–water partition coefficient (Wildman–Crippen LogP) is 3.59. The molecular weight excluding hydrogens is 490 g/mol. The first kappa shape index (κ1) is 26.8. The Bertz CT molecular complexity index is 1130. The van der Waals surface area contributed by atoms with Gasteiger partial charge in [-0.1, -0.05) is 48.7 Å². The van der Waals surface area contributed by atoms with Gasteiger partial charge in [0.25, 0.3) is 0 Å². The molecule has 8 nitrogen and oxygen atoms in total. The number of rotatable bonds is 10. The van der Waals surface area contributed by atoms with Crippen LogP contribution >= 0.6 is 11.6 Å². The monoisotopic (exact) mass is 521 g/mol. The second-order valence-electron chi connectivity index (χ2n) is 8.76. The Labute approximate surface area is 212 Å². The van der Waals surface area contributed by atoms with Crippen LogP contribution in [0.25, 0.3) is 0 Å². The maximum absolute atomic E-state index is 13.6. The molecule has 35 heavy (non-hydrogen) atoms. The van der Waals surface area contributed by atoms with Crippen molar-refractivity contribution in [3.05, 3.63) is 59.1 Å². The molecule has 1 fully saturated rings. The van der Waals surface area contributed by atoms with Crippen LogP contribution in [0.1, 0.15) is 38.2 Å². The standard InChI is InChI=1S/C25H32ClN3O5S/c1-18(25(31)27-21-8-4-5-9-21)28(16-19-12-14-20(26)15-13-19)24(30)17-29(35(3,32)33)22-10-6-7-11-23(22)34-2/h6-7,10-15,18,21H,4-5,8-9,16-17H2,1-3H3,(H,27,31)/t18-/m1/s1. The second kappa shape index (κ2) is 11.8. The summed E-state index contributed by atoms with van der Waals surface area (Å²) >= 11 is 6.00. The molecule has 1 aliphatic carbocycles. The van der Waals surface area contributed by atoms with Gasteiger partial charge < -0.3 is 15.0 Å². The molecule has 0 unspecified atom stereocenters. The van der Waals surface area contributed by atoms with E-state index in [1.807, 2.05) is 0 Å². The fourth-order valence-corrected chi connectivity index (χ4v) is 5.17. The Kier molecular flexibility index (Phi) is 9.02. The Morgan fingerprint density at radius 1 is 1.11 bits per heavy atom. The van der Waals surface area contributed by atoms with Gasteiger partial charge in [0.05, 0.1) is 19.1 Å². The van der Waals surface area contributed by atoms with E-state index < -0.39 is 28.5 Å². The Hall–Kier alpha value is -2.78. The zero-order valence-corrected chi connectivity index (χ0v) is 21.8. The van der Waals surface area contributed by atoms with E-state index >= 15 is 0 Å². The topological polar surface area (TPSA) is 96.0 Å². The van der Waals surface area contributed by atoms with E-state index in [9.17, 15) is 18.0 Å². The van der Waals surface area contributed by atoms with Gasteiger partial charge >= 0.3 is 0 Å². The summed E-state index contributed by atoms with van der Waals surface area (Å²) in [7, 11) is -2.40. The number of carbonyl (C=O) groups is 2. The molecular formula is C25H32ClN3O5S. The summed E-state index contributed by atoms with van der Waals surface area (Å²) in [5.41, 5.74) is 1.02. The first-order valence-electron chi connectivity index (χ1n) is 11.5. The first-order chi connectivity index (χ1) is 16.6. The zero-order chi connectivity index (χ0) is 25.6. The number of benzene rings is 2. The molecule has 0 aromatic heterocycles. The maximum Gasteiger partial charge on any atom is 0.244 e. The van der Waals surface area contributed by atoms with E-state index in [1.54, 1.807) is 55.5 Å². The normalized spacial score (nSPS) is 14.9. The third-order valence-corrected chi connectivity index (χ3v) is 7.55. The summed E-state index contributed by atoms with van der Waals surface area (Å²) in [5, 5.41) is 3.59. The first-order valence-corrected chi connectivity index (χ1v) is 13.8. The van der Waals surface area contributed by atoms with Gasteiger partial charge in [0, 0.05) is 17.6 Å². The average molecular weight is 522 g/mol. The lowest BCUT2D eigenvalue weighted by atomic mass is 10.1. The van der Waals surface area contributed by atoms with Gasteiger partial charge in [-0.05, 0) is 49.6 Å². The molecule has 0 spiro atoms. The number of hydrogen-bond acceptors (Lipinski definition) is 5. The molecule has 2 aromatic carbocycles. The van der Waals surface area contributed by atoms with Crippen LogP contribution in [0.4, 0.5) is 5.69 Å². The lowest BCUT2D eigenvalue weighted by Crippen LogP contribution is -2.52. The summed E-state index contributed by atoms with van der Waals surface area (Å²) in [6, 6.07) is 12.8. The number of nitrogens with one attached hydrogen (secondary N) is 1. The highest BCUT2D eigenvalue weighted by atomic mass is 35.5. The maximum atomic E-state index is 13.6. The van der Waals surface area contributed by atoms with Crippen LogP contribution in [0.5, 0.6) is 5.75 Å². The zero-order valence-electron chi connectivity index (χ0n) is 20.2. The van der Waals surface area contributed by atoms with Crippen LogP contribution in [0.2, 0.25) is 5.02 Å². The van der Waals surface area contributed by atoms with Gasteiger partial charge in [0.15, 0.2) is 0 Å². The smallest absolute Gasteiger partial charge is 0.244 e. The Balaban J connectivity index is 1.89. The minimum atomic E-state index is -3.83. The molecule has 1 N–H and O–H groups in total. The summed E-state index contributed by atoms with van der Waals surface area (Å²) in [6.45, 7) is 1.30. The predicted molar refractivity (Wildman–Crippen MR) is 137 cm³/mol. The van der Waals surface area contributed by atoms with Gasteiger partial charge in [0.1, 0.15) is 18.3 Å². The average Bonchev–Trinajstić information content (AvgIpc) is 3.34. The third kappa shape index (κ3) is 7.11. The molecule has 2 aromatic rings. The number of carbonyl (C=O) groups excluding carboxylic acids is 2. The third-order valence-electron chi connectivity index (χ3n) is 6.17. The fraction of sp³-hybridized carbons (Fsp3) is 0.440. The van der Waals surface area contributed by atoms with Crippen molar-refractivity contribution in [2.75, 3.05) is 24.2 Å².